The molecule has 0 amide bonds. The SMILES string of the molecule is CN(Cc1cccc(C(N)=S)c1)C1CCC(C)(C)CC1. The third-order valence-corrected chi connectivity index (χ3v) is 4.81. The van der Waals surface area contributed by atoms with Crippen LogP contribution in [-0.4, -0.2) is 23.0 Å². The number of thiocarbonyl (C=S) groups is 1. The molecule has 110 valence electrons. The Labute approximate surface area is 128 Å². The van der Waals surface area contributed by atoms with E-state index in [1.54, 1.807) is 0 Å². The van der Waals surface area contributed by atoms with Crippen LogP contribution < -0.4 is 5.73 Å². The molecule has 1 fully saturated rings. The Balaban J connectivity index is 1.96. The van der Waals surface area contributed by atoms with E-state index in [1.165, 1.54) is 31.2 Å². The second-order valence-electron chi connectivity index (χ2n) is 6.88. The van der Waals surface area contributed by atoms with Crippen molar-refractivity contribution in [3.8, 4) is 0 Å². The summed E-state index contributed by atoms with van der Waals surface area (Å²) in [6, 6.07) is 9.00. The first kappa shape index (κ1) is 15.5. The van der Waals surface area contributed by atoms with Gasteiger partial charge >= 0.3 is 0 Å². The van der Waals surface area contributed by atoms with Gasteiger partial charge < -0.3 is 5.73 Å². The Morgan fingerprint density at radius 3 is 2.60 bits per heavy atom. The Hall–Kier alpha value is -0.930. The van der Waals surface area contributed by atoms with Crippen LogP contribution in [0.3, 0.4) is 0 Å². The molecule has 1 aliphatic carbocycles. The zero-order chi connectivity index (χ0) is 14.8. The highest BCUT2D eigenvalue weighted by Gasteiger charge is 2.28. The fraction of sp³-hybridized carbons (Fsp3) is 0.588. The quantitative estimate of drug-likeness (QED) is 0.857. The topological polar surface area (TPSA) is 29.3 Å². The van der Waals surface area contributed by atoms with Gasteiger partial charge in [0.05, 0.1) is 0 Å². The van der Waals surface area contributed by atoms with Gasteiger partial charge in [0.1, 0.15) is 4.99 Å². The molecule has 0 aromatic heterocycles. The van der Waals surface area contributed by atoms with Gasteiger partial charge in [-0.1, -0.05) is 44.3 Å². The maximum atomic E-state index is 5.70. The zero-order valence-corrected chi connectivity index (χ0v) is 13.7. The molecule has 1 aromatic carbocycles. The molecule has 2 nitrogen and oxygen atoms in total. The van der Waals surface area contributed by atoms with Crippen LogP contribution in [0.15, 0.2) is 24.3 Å². The highest BCUT2D eigenvalue weighted by atomic mass is 32.1. The number of rotatable bonds is 4. The third-order valence-electron chi connectivity index (χ3n) is 4.58. The smallest absolute Gasteiger partial charge is 0.103 e. The van der Waals surface area contributed by atoms with Gasteiger partial charge in [0.2, 0.25) is 0 Å². The van der Waals surface area contributed by atoms with Crippen LogP contribution in [0.1, 0.15) is 50.7 Å². The van der Waals surface area contributed by atoms with Gasteiger partial charge in [-0.3, -0.25) is 4.90 Å². The van der Waals surface area contributed by atoms with Gasteiger partial charge in [-0.25, -0.2) is 0 Å². The molecule has 0 radical (unpaired) electrons. The molecule has 0 unspecified atom stereocenters. The van der Waals surface area contributed by atoms with Crippen molar-refractivity contribution in [2.75, 3.05) is 7.05 Å². The average Bonchev–Trinajstić information content (AvgIpc) is 2.38. The number of nitrogens with two attached hydrogens (primary N) is 1. The van der Waals surface area contributed by atoms with Crippen molar-refractivity contribution in [3.63, 3.8) is 0 Å². The zero-order valence-electron chi connectivity index (χ0n) is 12.9. The van der Waals surface area contributed by atoms with E-state index in [2.05, 4.69) is 37.9 Å². The van der Waals surface area contributed by atoms with Gasteiger partial charge in [-0.2, -0.15) is 0 Å². The van der Waals surface area contributed by atoms with Crippen LogP contribution in [0.25, 0.3) is 0 Å². The molecule has 1 aliphatic rings. The number of nitrogens with zero attached hydrogens (tertiary/aromatic N) is 1. The molecule has 2 rings (SSSR count). The minimum atomic E-state index is 0.480. The lowest BCUT2D eigenvalue weighted by Crippen LogP contribution is -2.36. The molecule has 20 heavy (non-hydrogen) atoms. The lowest BCUT2D eigenvalue weighted by atomic mass is 9.75. The fourth-order valence-electron chi connectivity index (χ4n) is 3.06. The van der Waals surface area contributed by atoms with Crippen LogP contribution in [0.2, 0.25) is 0 Å². The molecule has 0 saturated heterocycles. The summed E-state index contributed by atoms with van der Waals surface area (Å²) in [5.41, 5.74) is 8.50. The monoisotopic (exact) mass is 290 g/mol. The molecule has 0 aliphatic heterocycles. The minimum absolute atomic E-state index is 0.480. The molecular formula is C17H26N2S. The highest BCUT2D eigenvalue weighted by Crippen LogP contribution is 2.36. The molecular weight excluding hydrogens is 264 g/mol. The molecule has 0 atom stereocenters. The van der Waals surface area contributed by atoms with Crippen LogP contribution in [0.5, 0.6) is 0 Å². The molecule has 1 aromatic rings. The number of benzene rings is 1. The summed E-state index contributed by atoms with van der Waals surface area (Å²) >= 11 is 5.05. The molecule has 0 heterocycles. The molecule has 0 bridgehead atoms. The predicted octanol–water partition coefficient (Wildman–Crippen LogP) is 3.72. The van der Waals surface area contributed by atoms with Crippen molar-refractivity contribution in [2.24, 2.45) is 11.1 Å². The van der Waals surface area contributed by atoms with Gasteiger partial charge in [0.25, 0.3) is 0 Å². The summed E-state index contributed by atoms with van der Waals surface area (Å²) in [7, 11) is 2.23. The van der Waals surface area contributed by atoms with E-state index in [-0.39, 0.29) is 0 Å². The maximum Gasteiger partial charge on any atom is 0.103 e. The lowest BCUT2D eigenvalue weighted by molar-refractivity contribution is 0.123. The standard InChI is InChI=1S/C17H26N2S/c1-17(2)9-7-15(8-10-17)19(3)12-13-5-4-6-14(11-13)16(18)20/h4-6,11,15H,7-10,12H2,1-3H3,(H2,18,20). The summed E-state index contributed by atoms with van der Waals surface area (Å²) < 4.78 is 0. The van der Waals surface area contributed by atoms with Crippen LogP contribution in [0.4, 0.5) is 0 Å². The summed E-state index contributed by atoms with van der Waals surface area (Å²) in [6.07, 6.45) is 5.26. The molecule has 0 spiro atoms. The first-order valence-corrected chi connectivity index (χ1v) is 7.87. The van der Waals surface area contributed by atoms with Gasteiger partial charge in [-0.05, 0) is 49.8 Å². The number of hydrogen-bond acceptors (Lipinski definition) is 2. The predicted molar refractivity (Wildman–Crippen MR) is 89.8 cm³/mol. The summed E-state index contributed by atoms with van der Waals surface area (Å²) in [5.74, 6) is 0. The van der Waals surface area contributed by atoms with Crippen molar-refractivity contribution < 1.29 is 0 Å². The van der Waals surface area contributed by atoms with Crippen molar-refractivity contribution in [1.29, 1.82) is 0 Å². The second-order valence-corrected chi connectivity index (χ2v) is 7.31. The Morgan fingerprint density at radius 1 is 1.35 bits per heavy atom. The first-order valence-electron chi connectivity index (χ1n) is 7.46. The van der Waals surface area contributed by atoms with Crippen molar-refractivity contribution in [1.82, 2.24) is 4.90 Å². The second kappa shape index (κ2) is 6.23. The van der Waals surface area contributed by atoms with Crippen molar-refractivity contribution >= 4 is 17.2 Å². The summed E-state index contributed by atoms with van der Waals surface area (Å²) in [5, 5.41) is 0. The maximum absolute atomic E-state index is 5.70. The van der Waals surface area contributed by atoms with Crippen molar-refractivity contribution in [3.05, 3.63) is 35.4 Å². The number of hydrogen-bond donors (Lipinski definition) is 1. The van der Waals surface area contributed by atoms with Gasteiger partial charge in [0, 0.05) is 18.2 Å². The normalized spacial score (nSPS) is 19.2. The average molecular weight is 290 g/mol. The van der Waals surface area contributed by atoms with Gasteiger partial charge in [0.15, 0.2) is 0 Å². The minimum Gasteiger partial charge on any atom is -0.389 e. The largest absolute Gasteiger partial charge is 0.389 e. The van der Waals surface area contributed by atoms with Crippen LogP contribution in [-0.2, 0) is 6.54 Å². The van der Waals surface area contributed by atoms with E-state index in [0.717, 1.165) is 12.1 Å². The highest BCUT2D eigenvalue weighted by molar-refractivity contribution is 7.80. The van der Waals surface area contributed by atoms with Crippen LogP contribution in [0, 0.1) is 5.41 Å². The van der Waals surface area contributed by atoms with E-state index < -0.39 is 0 Å². The van der Waals surface area contributed by atoms with Crippen LogP contribution >= 0.6 is 12.2 Å². The van der Waals surface area contributed by atoms with E-state index in [9.17, 15) is 0 Å². The first-order chi connectivity index (χ1) is 9.37. The molecule has 1 saturated carbocycles. The van der Waals surface area contributed by atoms with Gasteiger partial charge in [-0.15, -0.1) is 0 Å². The summed E-state index contributed by atoms with van der Waals surface area (Å²) in [4.78, 5) is 2.96. The molecule has 2 N–H and O–H groups in total. The van der Waals surface area contributed by atoms with E-state index in [4.69, 9.17) is 18.0 Å². The van der Waals surface area contributed by atoms with E-state index in [0.29, 0.717) is 16.4 Å². The molecule has 3 heteroatoms. The Bertz CT molecular complexity index is 472. The third kappa shape index (κ3) is 4.03. The van der Waals surface area contributed by atoms with Crippen molar-refractivity contribution in [2.45, 2.75) is 52.1 Å². The van der Waals surface area contributed by atoms with E-state index in [1.807, 2.05) is 12.1 Å². The Morgan fingerprint density at radius 2 is 2.00 bits per heavy atom. The Kier molecular flexibility index (Phi) is 4.82. The van der Waals surface area contributed by atoms with E-state index >= 15 is 0 Å². The fourth-order valence-corrected chi connectivity index (χ4v) is 3.19. The lowest BCUT2D eigenvalue weighted by Gasteiger charge is -2.38. The summed E-state index contributed by atoms with van der Waals surface area (Å²) in [6.45, 7) is 5.74.